The Morgan fingerprint density at radius 3 is 2.00 bits per heavy atom. The summed E-state index contributed by atoms with van der Waals surface area (Å²) in [6, 6.07) is 24.8. The first-order valence-corrected chi connectivity index (χ1v) is 8.69. The Balaban J connectivity index is 1.66. The highest BCUT2D eigenvalue weighted by Gasteiger charge is 2.15. The molecule has 0 amide bonds. The van der Waals surface area contributed by atoms with Crippen LogP contribution < -0.4 is 4.74 Å². The van der Waals surface area contributed by atoms with Gasteiger partial charge >= 0.3 is 5.97 Å². The maximum absolute atomic E-state index is 12.4. The van der Waals surface area contributed by atoms with Crippen molar-refractivity contribution in [3.8, 4) is 5.75 Å². The van der Waals surface area contributed by atoms with E-state index < -0.39 is 0 Å². The second-order valence-corrected chi connectivity index (χ2v) is 6.25. The van der Waals surface area contributed by atoms with E-state index in [9.17, 15) is 4.79 Å². The molecule has 3 rings (SSSR count). The van der Waals surface area contributed by atoms with Gasteiger partial charge in [0.25, 0.3) is 0 Å². The number of rotatable bonds is 6. The van der Waals surface area contributed by atoms with E-state index >= 15 is 0 Å². The van der Waals surface area contributed by atoms with Gasteiger partial charge in [-0.25, -0.2) is 4.79 Å². The van der Waals surface area contributed by atoms with Crippen LogP contribution in [0.4, 0.5) is 0 Å². The van der Waals surface area contributed by atoms with Crippen molar-refractivity contribution in [2.24, 2.45) is 0 Å². The summed E-state index contributed by atoms with van der Waals surface area (Å²) in [6.07, 6.45) is 0. The molecule has 0 unspecified atom stereocenters. The maximum Gasteiger partial charge on any atom is 0.339 e. The lowest BCUT2D eigenvalue weighted by molar-refractivity contribution is 0.0471. The number of carbonyl (C=O) groups excluding carboxylic acids is 1. The van der Waals surface area contributed by atoms with Crippen LogP contribution in [-0.2, 0) is 18.0 Å². The van der Waals surface area contributed by atoms with E-state index in [4.69, 9.17) is 9.47 Å². The van der Waals surface area contributed by atoms with Crippen molar-refractivity contribution in [1.82, 2.24) is 0 Å². The first kappa shape index (κ1) is 17.2. The molecule has 0 heterocycles. The van der Waals surface area contributed by atoms with Crippen LogP contribution in [0, 0.1) is 0 Å². The summed E-state index contributed by atoms with van der Waals surface area (Å²) in [5, 5.41) is 0. The first-order chi connectivity index (χ1) is 12.2. The Labute approximate surface area is 155 Å². The van der Waals surface area contributed by atoms with Gasteiger partial charge in [-0.15, -0.1) is 0 Å². The molecular formula is C21H17BrO3. The zero-order valence-corrected chi connectivity index (χ0v) is 15.1. The van der Waals surface area contributed by atoms with Gasteiger partial charge in [0.1, 0.15) is 19.0 Å². The number of benzene rings is 3. The molecule has 0 fully saturated rings. The highest BCUT2D eigenvalue weighted by atomic mass is 79.9. The Morgan fingerprint density at radius 1 is 0.760 bits per heavy atom. The third kappa shape index (κ3) is 4.70. The summed E-state index contributed by atoms with van der Waals surface area (Å²) in [7, 11) is 0. The summed E-state index contributed by atoms with van der Waals surface area (Å²) in [5.74, 6) is 0.221. The van der Waals surface area contributed by atoms with Gasteiger partial charge in [-0.1, -0.05) is 66.7 Å². The first-order valence-electron chi connectivity index (χ1n) is 7.90. The summed E-state index contributed by atoms with van der Waals surface area (Å²) in [6.45, 7) is 0.670. The van der Waals surface area contributed by atoms with E-state index in [1.54, 1.807) is 12.1 Å². The molecule has 0 aliphatic heterocycles. The highest BCUT2D eigenvalue weighted by molar-refractivity contribution is 9.10. The van der Waals surface area contributed by atoms with E-state index in [1.807, 2.05) is 66.7 Å². The van der Waals surface area contributed by atoms with Crippen LogP contribution >= 0.6 is 15.9 Å². The van der Waals surface area contributed by atoms with Crippen LogP contribution in [-0.4, -0.2) is 5.97 Å². The molecule has 0 saturated heterocycles. The minimum absolute atomic E-state index is 0.237. The van der Waals surface area contributed by atoms with Gasteiger partial charge in [-0.2, -0.15) is 0 Å². The average molecular weight is 397 g/mol. The zero-order valence-electron chi connectivity index (χ0n) is 13.5. The third-order valence-electron chi connectivity index (χ3n) is 3.63. The molecule has 0 aliphatic rings. The monoisotopic (exact) mass is 396 g/mol. The van der Waals surface area contributed by atoms with Crippen molar-refractivity contribution in [3.05, 3.63) is 100 Å². The van der Waals surface area contributed by atoms with Crippen LogP contribution in [0.2, 0.25) is 0 Å². The smallest absolute Gasteiger partial charge is 0.339 e. The topological polar surface area (TPSA) is 35.5 Å². The summed E-state index contributed by atoms with van der Waals surface area (Å²) >= 11 is 3.46. The molecule has 0 saturated carbocycles. The predicted molar refractivity (Wildman–Crippen MR) is 100 cm³/mol. The number of esters is 1. The van der Waals surface area contributed by atoms with Crippen molar-refractivity contribution in [2.75, 3.05) is 0 Å². The molecule has 3 aromatic carbocycles. The number of hydrogen-bond acceptors (Lipinski definition) is 3. The molecule has 0 aromatic heterocycles. The summed E-state index contributed by atoms with van der Waals surface area (Å²) in [4.78, 5) is 12.4. The van der Waals surface area contributed by atoms with Crippen LogP contribution in [0.25, 0.3) is 0 Å². The lowest BCUT2D eigenvalue weighted by Gasteiger charge is -2.11. The lowest BCUT2D eigenvalue weighted by atomic mass is 10.2. The van der Waals surface area contributed by atoms with Gasteiger partial charge in [0, 0.05) is 0 Å². The molecule has 0 N–H and O–H groups in total. The van der Waals surface area contributed by atoms with Gasteiger partial charge in [-0.3, -0.25) is 0 Å². The summed E-state index contributed by atoms with van der Waals surface area (Å²) < 4.78 is 11.8. The van der Waals surface area contributed by atoms with Gasteiger partial charge in [0.2, 0.25) is 0 Å². The predicted octanol–water partition coefficient (Wildman–Crippen LogP) is 5.39. The number of ether oxygens (including phenoxy) is 2. The molecule has 0 radical (unpaired) electrons. The Hall–Kier alpha value is -2.59. The van der Waals surface area contributed by atoms with Crippen LogP contribution in [0.5, 0.6) is 5.75 Å². The SMILES string of the molecule is O=C(OCc1ccccc1)c1cccc(OCc2ccccc2)c1Br. The van der Waals surface area contributed by atoms with E-state index in [0.717, 1.165) is 11.1 Å². The molecule has 4 heteroatoms. The van der Waals surface area contributed by atoms with E-state index in [1.165, 1.54) is 0 Å². The van der Waals surface area contributed by atoms with Gasteiger partial charge in [0.15, 0.2) is 0 Å². The van der Waals surface area contributed by atoms with Crippen molar-refractivity contribution in [2.45, 2.75) is 13.2 Å². The molecule has 0 aliphatic carbocycles. The largest absolute Gasteiger partial charge is 0.488 e. The fraction of sp³-hybridized carbons (Fsp3) is 0.0952. The van der Waals surface area contributed by atoms with Crippen molar-refractivity contribution in [3.63, 3.8) is 0 Å². The number of halogens is 1. The third-order valence-corrected chi connectivity index (χ3v) is 4.45. The highest BCUT2D eigenvalue weighted by Crippen LogP contribution is 2.30. The Morgan fingerprint density at radius 2 is 1.36 bits per heavy atom. The lowest BCUT2D eigenvalue weighted by Crippen LogP contribution is -2.07. The maximum atomic E-state index is 12.4. The Kier molecular flexibility index (Phi) is 5.86. The minimum atomic E-state index is -0.388. The molecule has 0 spiro atoms. The normalized spacial score (nSPS) is 10.3. The second-order valence-electron chi connectivity index (χ2n) is 5.45. The molecule has 0 bridgehead atoms. The molecule has 126 valence electrons. The Bertz CT molecular complexity index is 832. The standard InChI is InChI=1S/C21H17BrO3/c22-20-18(21(23)25-15-17-10-5-2-6-11-17)12-7-13-19(20)24-14-16-8-3-1-4-9-16/h1-13H,14-15H2. The van der Waals surface area contributed by atoms with Crippen LogP contribution in [0.3, 0.4) is 0 Å². The van der Waals surface area contributed by atoms with Crippen molar-refractivity contribution < 1.29 is 14.3 Å². The van der Waals surface area contributed by atoms with Crippen LogP contribution in [0.1, 0.15) is 21.5 Å². The van der Waals surface area contributed by atoms with Gasteiger partial charge < -0.3 is 9.47 Å². The number of carbonyl (C=O) groups is 1. The van der Waals surface area contributed by atoms with E-state index in [0.29, 0.717) is 22.4 Å². The van der Waals surface area contributed by atoms with Crippen LogP contribution in [0.15, 0.2) is 83.3 Å². The van der Waals surface area contributed by atoms with E-state index in [2.05, 4.69) is 15.9 Å². The van der Waals surface area contributed by atoms with Gasteiger partial charge in [-0.05, 0) is 39.2 Å². The average Bonchev–Trinajstić information content (AvgIpc) is 2.67. The zero-order chi connectivity index (χ0) is 17.5. The molecule has 3 aromatic rings. The van der Waals surface area contributed by atoms with Gasteiger partial charge in [0.05, 0.1) is 10.0 Å². The van der Waals surface area contributed by atoms with Crippen molar-refractivity contribution >= 4 is 21.9 Å². The minimum Gasteiger partial charge on any atom is -0.488 e. The fourth-order valence-electron chi connectivity index (χ4n) is 2.32. The summed E-state index contributed by atoms with van der Waals surface area (Å²) in [5.41, 5.74) is 2.46. The quantitative estimate of drug-likeness (QED) is 0.524. The van der Waals surface area contributed by atoms with Crippen molar-refractivity contribution in [1.29, 1.82) is 0 Å². The second kappa shape index (κ2) is 8.49. The number of hydrogen-bond donors (Lipinski definition) is 0. The molecule has 0 atom stereocenters. The molecule has 3 nitrogen and oxygen atoms in total. The fourth-order valence-corrected chi connectivity index (χ4v) is 2.86. The molecular weight excluding hydrogens is 380 g/mol. The molecule has 25 heavy (non-hydrogen) atoms. The van der Waals surface area contributed by atoms with E-state index in [-0.39, 0.29) is 12.6 Å².